The van der Waals surface area contributed by atoms with E-state index in [9.17, 15) is 4.79 Å². The van der Waals surface area contributed by atoms with E-state index in [-0.39, 0.29) is 5.78 Å². The molecule has 0 aliphatic carbocycles. The lowest BCUT2D eigenvalue weighted by Crippen LogP contribution is -2.32. The second-order valence-corrected chi connectivity index (χ2v) is 3.82. The molecule has 3 nitrogen and oxygen atoms in total. The normalized spacial score (nSPS) is 13.9. The van der Waals surface area contributed by atoms with Gasteiger partial charge in [0.1, 0.15) is 12.4 Å². The quantitative estimate of drug-likeness (QED) is 0.574. The smallest absolute Gasteiger partial charge is 0.159 e. The molecular formula is C13H15NO2. The number of carbonyl (C=O) groups is 1. The molecule has 1 aliphatic rings. The molecule has 3 heteroatoms. The molecule has 0 unspecified atom stereocenters. The van der Waals surface area contributed by atoms with Crippen LogP contribution < -0.4 is 9.64 Å². The van der Waals surface area contributed by atoms with Gasteiger partial charge in [-0.25, -0.2) is 0 Å². The lowest BCUT2D eigenvalue weighted by Gasteiger charge is -2.30. The molecule has 0 radical (unpaired) electrons. The predicted octanol–water partition coefficient (Wildman–Crippen LogP) is 2.27. The van der Waals surface area contributed by atoms with Gasteiger partial charge in [-0.3, -0.25) is 4.79 Å². The fourth-order valence-corrected chi connectivity index (χ4v) is 1.84. The van der Waals surface area contributed by atoms with Gasteiger partial charge >= 0.3 is 0 Å². The third kappa shape index (κ3) is 1.94. The van der Waals surface area contributed by atoms with Gasteiger partial charge in [0.05, 0.1) is 12.2 Å². The van der Waals surface area contributed by atoms with Gasteiger partial charge in [-0.05, 0) is 25.1 Å². The van der Waals surface area contributed by atoms with E-state index in [0.29, 0.717) is 6.61 Å². The number of rotatable bonds is 3. The summed E-state index contributed by atoms with van der Waals surface area (Å²) in [6.45, 7) is 7.60. The Hall–Kier alpha value is -1.77. The number of anilines is 1. The van der Waals surface area contributed by atoms with Crippen molar-refractivity contribution in [2.24, 2.45) is 0 Å². The first-order valence-electron chi connectivity index (χ1n) is 5.36. The van der Waals surface area contributed by atoms with Crippen LogP contribution in [0.1, 0.15) is 17.3 Å². The molecule has 0 bridgehead atoms. The summed E-state index contributed by atoms with van der Waals surface area (Å²) in [6, 6.07) is 5.56. The van der Waals surface area contributed by atoms with Gasteiger partial charge in [-0.1, -0.05) is 6.08 Å². The zero-order valence-electron chi connectivity index (χ0n) is 9.40. The van der Waals surface area contributed by atoms with E-state index in [1.165, 1.54) is 0 Å². The van der Waals surface area contributed by atoms with Crippen molar-refractivity contribution in [1.82, 2.24) is 0 Å². The van der Waals surface area contributed by atoms with Crippen LogP contribution in [0.4, 0.5) is 5.69 Å². The molecule has 84 valence electrons. The fourth-order valence-electron chi connectivity index (χ4n) is 1.84. The molecule has 0 amide bonds. The highest BCUT2D eigenvalue weighted by Crippen LogP contribution is 2.32. The summed E-state index contributed by atoms with van der Waals surface area (Å²) >= 11 is 0. The molecule has 0 atom stereocenters. The Morgan fingerprint density at radius 3 is 3.12 bits per heavy atom. The summed E-state index contributed by atoms with van der Waals surface area (Å²) < 4.78 is 5.55. The number of Topliss-reactive ketones (excluding diaryl/α,β-unsaturated/α-hetero) is 1. The van der Waals surface area contributed by atoms with Crippen LogP contribution in [0, 0.1) is 0 Å². The first kappa shape index (κ1) is 10.7. The third-order valence-electron chi connectivity index (χ3n) is 2.67. The second-order valence-electron chi connectivity index (χ2n) is 3.82. The van der Waals surface area contributed by atoms with Crippen molar-refractivity contribution < 1.29 is 9.53 Å². The number of fused-ring (bicyclic) bond motifs is 1. The molecule has 0 aromatic heterocycles. The van der Waals surface area contributed by atoms with Gasteiger partial charge < -0.3 is 9.64 Å². The van der Waals surface area contributed by atoms with Crippen LogP contribution in [-0.2, 0) is 0 Å². The Morgan fingerprint density at radius 2 is 2.44 bits per heavy atom. The summed E-state index contributed by atoms with van der Waals surface area (Å²) in [6.07, 6.45) is 1.86. The average Bonchev–Trinajstić information content (AvgIpc) is 2.29. The summed E-state index contributed by atoms with van der Waals surface area (Å²) in [7, 11) is 0. The molecule has 0 saturated heterocycles. The van der Waals surface area contributed by atoms with Crippen LogP contribution >= 0.6 is 0 Å². The second kappa shape index (κ2) is 4.39. The van der Waals surface area contributed by atoms with Crippen molar-refractivity contribution in [2.75, 3.05) is 24.6 Å². The van der Waals surface area contributed by atoms with Gasteiger partial charge in [0.2, 0.25) is 0 Å². The maximum absolute atomic E-state index is 11.3. The van der Waals surface area contributed by atoms with E-state index in [1.807, 2.05) is 18.2 Å². The van der Waals surface area contributed by atoms with Gasteiger partial charge in [0.25, 0.3) is 0 Å². The number of ether oxygens (including phenoxy) is 1. The zero-order chi connectivity index (χ0) is 11.5. The molecule has 16 heavy (non-hydrogen) atoms. The molecule has 1 heterocycles. The summed E-state index contributed by atoms with van der Waals surface area (Å²) in [5.41, 5.74) is 1.71. The highest BCUT2D eigenvalue weighted by atomic mass is 16.5. The minimum Gasteiger partial charge on any atom is -0.490 e. The molecule has 0 spiro atoms. The molecule has 0 saturated carbocycles. The minimum absolute atomic E-state index is 0.0759. The van der Waals surface area contributed by atoms with Crippen molar-refractivity contribution in [3.05, 3.63) is 36.4 Å². The summed E-state index contributed by atoms with van der Waals surface area (Å²) in [5, 5.41) is 0. The summed E-state index contributed by atoms with van der Waals surface area (Å²) in [4.78, 5) is 13.5. The first-order valence-corrected chi connectivity index (χ1v) is 5.36. The Kier molecular flexibility index (Phi) is 2.95. The Labute approximate surface area is 95.3 Å². The Bertz CT molecular complexity index is 426. The van der Waals surface area contributed by atoms with Gasteiger partial charge in [0.15, 0.2) is 5.78 Å². The Morgan fingerprint density at radius 1 is 1.62 bits per heavy atom. The largest absolute Gasteiger partial charge is 0.490 e. The van der Waals surface area contributed by atoms with Gasteiger partial charge in [-0.2, -0.15) is 0 Å². The number of benzene rings is 1. The number of nitrogens with zero attached hydrogens (tertiary/aromatic N) is 1. The van der Waals surface area contributed by atoms with Crippen molar-refractivity contribution in [3.63, 3.8) is 0 Å². The standard InChI is InChI=1S/C13H15NO2/c1-3-6-14-7-8-16-13-5-4-11(10(2)15)9-12(13)14/h3-5,9H,1,6-8H2,2H3. The van der Waals surface area contributed by atoms with Crippen molar-refractivity contribution >= 4 is 11.5 Å². The zero-order valence-corrected chi connectivity index (χ0v) is 9.40. The highest BCUT2D eigenvalue weighted by molar-refractivity contribution is 5.95. The molecule has 2 rings (SSSR count). The van der Waals surface area contributed by atoms with E-state index in [4.69, 9.17) is 4.74 Å². The molecule has 1 aromatic carbocycles. The van der Waals surface area contributed by atoms with Crippen molar-refractivity contribution in [3.8, 4) is 5.75 Å². The molecular weight excluding hydrogens is 202 g/mol. The average molecular weight is 217 g/mol. The lowest BCUT2D eigenvalue weighted by molar-refractivity contribution is 0.101. The SMILES string of the molecule is C=CCN1CCOc2ccc(C(C)=O)cc21. The van der Waals surface area contributed by atoms with Crippen LogP contribution in [0.3, 0.4) is 0 Å². The first-order chi connectivity index (χ1) is 7.72. The maximum Gasteiger partial charge on any atom is 0.159 e. The van der Waals surface area contributed by atoms with Crippen LogP contribution in [-0.4, -0.2) is 25.5 Å². The van der Waals surface area contributed by atoms with Crippen LogP contribution in [0.2, 0.25) is 0 Å². The Balaban J connectivity index is 2.40. The van der Waals surface area contributed by atoms with E-state index >= 15 is 0 Å². The van der Waals surface area contributed by atoms with E-state index < -0.39 is 0 Å². The highest BCUT2D eigenvalue weighted by Gasteiger charge is 2.17. The summed E-state index contributed by atoms with van der Waals surface area (Å²) in [5.74, 6) is 0.921. The van der Waals surface area contributed by atoms with Crippen LogP contribution in [0.25, 0.3) is 0 Å². The minimum atomic E-state index is 0.0759. The lowest BCUT2D eigenvalue weighted by atomic mass is 10.1. The molecule has 0 N–H and O–H groups in total. The van der Waals surface area contributed by atoms with Crippen molar-refractivity contribution in [2.45, 2.75) is 6.92 Å². The third-order valence-corrected chi connectivity index (χ3v) is 2.67. The van der Waals surface area contributed by atoms with Gasteiger partial charge in [-0.15, -0.1) is 6.58 Å². The van der Waals surface area contributed by atoms with Crippen LogP contribution in [0.5, 0.6) is 5.75 Å². The number of carbonyl (C=O) groups excluding carboxylic acids is 1. The van der Waals surface area contributed by atoms with E-state index in [2.05, 4.69) is 11.5 Å². The predicted molar refractivity (Wildman–Crippen MR) is 64.4 cm³/mol. The number of hydrogen-bond acceptors (Lipinski definition) is 3. The molecule has 1 aliphatic heterocycles. The van der Waals surface area contributed by atoms with Gasteiger partial charge in [0, 0.05) is 12.1 Å². The fraction of sp³-hybridized carbons (Fsp3) is 0.308. The van der Waals surface area contributed by atoms with Crippen molar-refractivity contribution in [1.29, 1.82) is 0 Å². The van der Waals surface area contributed by atoms with Crippen LogP contribution in [0.15, 0.2) is 30.9 Å². The number of hydrogen-bond donors (Lipinski definition) is 0. The topological polar surface area (TPSA) is 29.5 Å². The number of ketones is 1. The van der Waals surface area contributed by atoms with E-state index in [1.54, 1.807) is 13.0 Å². The van der Waals surface area contributed by atoms with E-state index in [0.717, 1.165) is 30.1 Å². The maximum atomic E-state index is 11.3. The monoisotopic (exact) mass is 217 g/mol. The molecule has 0 fully saturated rings. The molecule has 1 aromatic rings.